The number of benzene rings is 2. The largest absolute Gasteiger partial charge is 0.271 e. The van der Waals surface area contributed by atoms with E-state index in [0.29, 0.717) is 0 Å². The zero-order valence-corrected chi connectivity index (χ0v) is 13.9. The molecule has 0 aliphatic heterocycles. The summed E-state index contributed by atoms with van der Waals surface area (Å²) in [7, 11) is 0. The van der Waals surface area contributed by atoms with Crippen LogP contribution < -0.4 is 5.43 Å². The number of pyridine rings is 1. The maximum atomic E-state index is 13.1. The van der Waals surface area contributed by atoms with Gasteiger partial charge >= 0.3 is 0 Å². The molecule has 2 aromatic carbocycles. The quantitative estimate of drug-likeness (QED) is 0.555. The highest BCUT2D eigenvalue weighted by molar-refractivity contribution is 7.99. The van der Waals surface area contributed by atoms with E-state index in [1.807, 2.05) is 42.5 Å². The smallest absolute Gasteiger partial charge is 0.267 e. The molecule has 6 heteroatoms. The monoisotopic (exact) mass is 351 g/mol. The number of nitrogens with one attached hydrogen (secondary N) is 1. The average Bonchev–Trinajstić information content (AvgIpc) is 2.63. The topological polar surface area (TPSA) is 54.4 Å². The minimum absolute atomic E-state index is 0.219. The number of rotatable bonds is 5. The number of hydrogen-bond acceptors (Lipinski definition) is 4. The molecule has 124 valence electrons. The fraction of sp³-hybridized carbons (Fsp3) is 0. The van der Waals surface area contributed by atoms with E-state index in [2.05, 4.69) is 15.5 Å². The van der Waals surface area contributed by atoms with Gasteiger partial charge in [-0.1, -0.05) is 36.0 Å². The van der Waals surface area contributed by atoms with Crippen LogP contribution in [0.2, 0.25) is 0 Å². The fourth-order valence-electron chi connectivity index (χ4n) is 2.05. The van der Waals surface area contributed by atoms with Crippen molar-refractivity contribution in [1.82, 2.24) is 10.4 Å². The molecule has 1 aromatic heterocycles. The predicted octanol–water partition coefficient (Wildman–Crippen LogP) is 4.14. The fourth-order valence-corrected chi connectivity index (χ4v) is 2.89. The third kappa shape index (κ3) is 4.99. The van der Waals surface area contributed by atoms with Gasteiger partial charge in [0.1, 0.15) is 10.8 Å². The van der Waals surface area contributed by atoms with Gasteiger partial charge in [0.2, 0.25) is 0 Å². The molecule has 0 aliphatic rings. The number of carbonyl (C=O) groups excluding carboxylic acids is 1. The van der Waals surface area contributed by atoms with Crippen molar-refractivity contribution in [2.24, 2.45) is 5.10 Å². The molecule has 0 radical (unpaired) electrons. The van der Waals surface area contributed by atoms with Crippen molar-refractivity contribution in [3.63, 3.8) is 0 Å². The molecule has 0 unspecified atom stereocenters. The summed E-state index contributed by atoms with van der Waals surface area (Å²) in [5.74, 6) is -0.925. The van der Waals surface area contributed by atoms with E-state index in [4.69, 9.17) is 0 Å². The molecule has 0 saturated heterocycles. The molecule has 3 rings (SSSR count). The summed E-state index contributed by atoms with van der Waals surface area (Å²) < 4.78 is 13.1. The van der Waals surface area contributed by atoms with Crippen molar-refractivity contribution >= 4 is 23.9 Å². The van der Waals surface area contributed by atoms with Crippen molar-refractivity contribution in [2.75, 3.05) is 0 Å². The van der Waals surface area contributed by atoms with Crippen LogP contribution in [-0.4, -0.2) is 17.1 Å². The molecule has 0 saturated carbocycles. The molecule has 0 bridgehead atoms. The average molecular weight is 351 g/mol. The van der Waals surface area contributed by atoms with Gasteiger partial charge < -0.3 is 0 Å². The Labute approximate surface area is 148 Å². The lowest BCUT2D eigenvalue weighted by Crippen LogP contribution is -2.17. The second-order valence-electron chi connectivity index (χ2n) is 5.05. The first-order valence-corrected chi connectivity index (χ1v) is 8.30. The lowest BCUT2D eigenvalue weighted by atomic mass is 10.2. The van der Waals surface area contributed by atoms with Crippen LogP contribution in [0.3, 0.4) is 0 Å². The van der Waals surface area contributed by atoms with Crippen LogP contribution in [0.5, 0.6) is 0 Å². The number of carbonyl (C=O) groups is 1. The molecule has 0 spiro atoms. The van der Waals surface area contributed by atoms with Gasteiger partial charge in [-0.05, 0) is 48.0 Å². The predicted molar refractivity (Wildman–Crippen MR) is 96.3 cm³/mol. The minimum atomic E-state index is -0.463. The van der Waals surface area contributed by atoms with Gasteiger partial charge in [-0.25, -0.2) is 14.8 Å². The molecule has 0 atom stereocenters. The van der Waals surface area contributed by atoms with Crippen molar-refractivity contribution in [3.05, 3.63) is 89.9 Å². The van der Waals surface area contributed by atoms with Crippen LogP contribution in [-0.2, 0) is 0 Å². The number of nitrogens with zero attached hydrogens (tertiary/aromatic N) is 2. The first-order valence-electron chi connectivity index (χ1n) is 7.49. The zero-order chi connectivity index (χ0) is 17.5. The Hall–Kier alpha value is -2.99. The van der Waals surface area contributed by atoms with Crippen LogP contribution in [0.25, 0.3) is 0 Å². The summed E-state index contributed by atoms with van der Waals surface area (Å²) in [5.41, 5.74) is 3.44. The number of hydrogen-bond donors (Lipinski definition) is 1. The molecule has 1 N–H and O–H groups in total. The first-order chi connectivity index (χ1) is 12.2. The minimum Gasteiger partial charge on any atom is -0.267 e. The molecular weight excluding hydrogens is 337 g/mol. The van der Waals surface area contributed by atoms with Gasteiger partial charge in [-0.15, -0.1) is 0 Å². The van der Waals surface area contributed by atoms with Crippen LogP contribution in [0.1, 0.15) is 15.9 Å². The molecule has 25 heavy (non-hydrogen) atoms. The van der Waals surface area contributed by atoms with E-state index >= 15 is 0 Å². The molecule has 0 fully saturated rings. The second kappa shape index (κ2) is 8.21. The SMILES string of the molecule is O=C(NN=Cc1cccc(Sc2ccccn2)c1)c1cccc(F)c1. The summed E-state index contributed by atoms with van der Waals surface area (Å²) in [5, 5.41) is 4.82. The highest BCUT2D eigenvalue weighted by atomic mass is 32.2. The Morgan fingerprint density at radius 3 is 2.76 bits per heavy atom. The molecule has 3 aromatic rings. The van der Waals surface area contributed by atoms with Crippen LogP contribution in [0.15, 0.2) is 87.9 Å². The van der Waals surface area contributed by atoms with E-state index in [1.54, 1.807) is 12.4 Å². The summed E-state index contributed by atoms with van der Waals surface area (Å²) in [6.07, 6.45) is 3.29. The number of hydrazone groups is 1. The van der Waals surface area contributed by atoms with E-state index < -0.39 is 11.7 Å². The van der Waals surface area contributed by atoms with E-state index in [1.165, 1.54) is 30.0 Å². The Morgan fingerprint density at radius 2 is 1.96 bits per heavy atom. The van der Waals surface area contributed by atoms with Crippen LogP contribution >= 0.6 is 11.8 Å². The Kier molecular flexibility index (Phi) is 5.53. The Balaban J connectivity index is 1.63. The number of aromatic nitrogens is 1. The van der Waals surface area contributed by atoms with Crippen molar-refractivity contribution in [1.29, 1.82) is 0 Å². The third-order valence-electron chi connectivity index (χ3n) is 3.18. The lowest BCUT2D eigenvalue weighted by molar-refractivity contribution is 0.0954. The normalized spacial score (nSPS) is 10.8. The highest BCUT2D eigenvalue weighted by Crippen LogP contribution is 2.25. The second-order valence-corrected chi connectivity index (χ2v) is 6.15. The summed E-state index contributed by atoms with van der Waals surface area (Å²) in [6, 6.07) is 18.9. The van der Waals surface area contributed by atoms with E-state index in [-0.39, 0.29) is 5.56 Å². The molecule has 1 heterocycles. The maximum absolute atomic E-state index is 13.1. The number of halogens is 1. The lowest BCUT2D eigenvalue weighted by Gasteiger charge is -2.02. The summed E-state index contributed by atoms with van der Waals surface area (Å²) in [6.45, 7) is 0. The standard InChI is InChI=1S/C19H14FN3OS/c20-16-7-4-6-15(12-16)19(24)23-22-13-14-5-3-8-17(11-14)25-18-9-1-2-10-21-18/h1-13H,(H,23,24). The van der Waals surface area contributed by atoms with Gasteiger partial charge in [0.15, 0.2) is 0 Å². The third-order valence-corrected chi connectivity index (χ3v) is 4.13. The summed E-state index contributed by atoms with van der Waals surface area (Å²) in [4.78, 5) is 17.2. The van der Waals surface area contributed by atoms with Gasteiger partial charge in [0.25, 0.3) is 5.91 Å². The Bertz CT molecular complexity index is 900. The van der Waals surface area contributed by atoms with E-state index in [9.17, 15) is 9.18 Å². The van der Waals surface area contributed by atoms with Crippen LogP contribution in [0.4, 0.5) is 4.39 Å². The first kappa shape index (κ1) is 16.9. The molecule has 4 nitrogen and oxygen atoms in total. The maximum Gasteiger partial charge on any atom is 0.271 e. The Morgan fingerprint density at radius 1 is 1.08 bits per heavy atom. The van der Waals surface area contributed by atoms with Crippen molar-refractivity contribution in [3.8, 4) is 0 Å². The van der Waals surface area contributed by atoms with Crippen molar-refractivity contribution in [2.45, 2.75) is 9.92 Å². The zero-order valence-electron chi connectivity index (χ0n) is 13.1. The van der Waals surface area contributed by atoms with Gasteiger partial charge in [0.05, 0.1) is 6.21 Å². The van der Waals surface area contributed by atoms with Crippen molar-refractivity contribution < 1.29 is 9.18 Å². The molecular formula is C19H14FN3OS. The summed E-state index contributed by atoms with van der Waals surface area (Å²) >= 11 is 1.54. The van der Waals surface area contributed by atoms with E-state index in [0.717, 1.165) is 21.6 Å². The number of amides is 1. The van der Waals surface area contributed by atoms with Gasteiger partial charge in [-0.2, -0.15) is 5.10 Å². The van der Waals surface area contributed by atoms with Gasteiger partial charge in [-0.3, -0.25) is 4.79 Å². The van der Waals surface area contributed by atoms with Crippen LogP contribution in [0, 0.1) is 5.82 Å². The van der Waals surface area contributed by atoms with Gasteiger partial charge in [0, 0.05) is 16.7 Å². The highest BCUT2D eigenvalue weighted by Gasteiger charge is 2.04. The molecule has 0 aliphatic carbocycles. The molecule has 1 amide bonds.